The first-order valence-electron chi connectivity index (χ1n) is 5.67. The average Bonchev–Trinajstić information content (AvgIpc) is 2.85. The number of hydrogen-bond donors (Lipinski definition) is 1. The fourth-order valence-corrected chi connectivity index (χ4v) is 3.16. The summed E-state index contributed by atoms with van der Waals surface area (Å²) in [6, 6.07) is 5.75. The van der Waals surface area contributed by atoms with Crippen molar-refractivity contribution in [2.24, 2.45) is 0 Å². The van der Waals surface area contributed by atoms with Crippen LogP contribution in [0, 0.1) is 6.92 Å². The van der Waals surface area contributed by atoms with Crippen LogP contribution >= 0.6 is 11.3 Å². The van der Waals surface area contributed by atoms with Crippen LogP contribution in [0.15, 0.2) is 12.1 Å². The van der Waals surface area contributed by atoms with E-state index >= 15 is 0 Å². The second-order valence-electron chi connectivity index (χ2n) is 4.44. The third-order valence-corrected chi connectivity index (χ3v) is 4.57. The lowest BCUT2D eigenvalue weighted by Crippen LogP contribution is -2.35. The van der Waals surface area contributed by atoms with Gasteiger partial charge in [-0.1, -0.05) is 0 Å². The lowest BCUT2D eigenvalue weighted by molar-refractivity contribution is 0.199. The van der Waals surface area contributed by atoms with Crippen molar-refractivity contribution < 1.29 is 0 Å². The third kappa shape index (κ3) is 2.41. The maximum absolute atomic E-state index is 3.43. The van der Waals surface area contributed by atoms with Gasteiger partial charge in [0.2, 0.25) is 0 Å². The first kappa shape index (κ1) is 11.1. The summed E-state index contributed by atoms with van der Waals surface area (Å²) >= 11 is 1.92. The van der Waals surface area contributed by atoms with Gasteiger partial charge in [-0.15, -0.1) is 11.3 Å². The summed E-state index contributed by atoms with van der Waals surface area (Å²) in [4.78, 5) is 5.40. The second kappa shape index (κ2) is 4.64. The Morgan fingerprint density at radius 1 is 1.53 bits per heavy atom. The Hall–Kier alpha value is -0.380. The quantitative estimate of drug-likeness (QED) is 0.848. The van der Waals surface area contributed by atoms with E-state index in [1.807, 2.05) is 11.3 Å². The first-order valence-corrected chi connectivity index (χ1v) is 6.49. The van der Waals surface area contributed by atoms with Gasteiger partial charge in [0.1, 0.15) is 0 Å². The molecule has 0 radical (unpaired) electrons. The van der Waals surface area contributed by atoms with E-state index in [0.29, 0.717) is 12.1 Å². The molecular weight excluding hydrogens is 204 g/mol. The van der Waals surface area contributed by atoms with Crippen molar-refractivity contribution in [1.29, 1.82) is 0 Å². The molecular formula is C12H20N2S. The molecule has 1 aliphatic heterocycles. The van der Waals surface area contributed by atoms with Gasteiger partial charge in [-0.25, -0.2) is 0 Å². The zero-order valence-electron chi connectivity index (χ0n) is 9.79. The van der Waals surface area contributed by atoms with Crippen LogP contribution in [-0.2, 0) is 0 Å². The molecule has 1 N–H and O–H groups in total. The highest BCUT2D eigenvalue weighted by atomic mass is 32.1. The Kier molecular flexibility index (Phi) is 3.44. The lowest BCUT2D eigenvalue weighted by Gasteiger charge is -2.29. The minimum absolute atomic E-state index is 0.550. The molecule has 2 rings (SSSR count). The molecule has 84 valence electrons. The number of aryl methyl sites for hydroxylation is 1. The summed E-state index contributed by atoms with van der Waals surface area (Å²) in [7, 11) is 2.25. The molecule has 0 spiro atoms. The molecule has 2 nitrogen and oxygen atoms in total. The molecule has 2 atom stereocenters. The molecule has 0 saturated carbocycles. The Labute approximate surface area is 96.3 Å². The zero-order chi connectivity index (χ0) is 10.8. The predicted octanol–water partition coefficient (Wildman–Crippen LogP) is 2.41. The SMILES string of the molecule is Cc1ccc(C(C)N(C)C2CCNC2)s1. The standard InChI is InChI=1S/C12H20N2S/c1-9-4-5-12(15-9)10(2)14(3)11-6-7-13-8-11/h4-5,10-11,13H,6-8H2,1-3H3. The fraction of sp³-hybridized carbons (Fsp3) is 0.667. The Bertz CT molecular complexity index is 315. The molecule has 1 aromatic heterocycles. The van der Waals surface area contributed by atoms with E-state index in [4.69, 9.17) is 0 Å². The highest BCUT2D eigenvalue weighted by Crippen LogP contribution is 2.28. The Morgan fingerprint density at radius 3 is 2.87 bits per heavy atom. The number of thiophene rings is 1. The molecule has 0 bridgehead atoms. The van der Waals surface area contributed by atoms with Gasteiger partial charge < -0.3 is 5.32 Å². The van der Waals surface area contributed by atoms with Crippen LogP contribution in [0.25, 0.3) is 0 Å². The van der Waals surface area contributed by atoms with E-state index in [9.17, 15) is 0 Å². The number of likely N-dealkylation sites (N-methyl/N-ethyl adjacent to an activating group) is 1. The normalized spacial score (nSPS) is 23.6. The van der Waals surface area contributed by atoms with Gasteiger partial charge in [-0.2, -0.15) is 0 Å². The maximum Gasteiger partial charge on any atom is 0.0413 e. The van der Waals surface area contributed by atoms with Crippen molar-refractivity contribution in [3.05, 3.63) is 21.9 Å². The highest BCUT2D eigenvalue weighted by Gasteiger charge is 2.24. The number of hydrogen-bond acceptors (Lipinski definition) is 3. The predicted molar refractivity (Wildman–Crippen MR) is 66.5 cm³/mol. The Morgan fingerprint density at radius 2 is 2.33 bits per heavy atom. The van der Waals surface area contributed by atoms with Crippen LogP contribution in [0.3, 0.4) is 0 Å². The van der Waals surface area contributed by atoms with Gasteiger partial charge >= 0.3 is 0 Å². The zero-order valence-corrected chi connectivity index (χ0v) is 10.6. The van der Waals surface area contributed by atoms with Gasteiger partial charge in [-0.05, 0) is 46.0 Å². The van der Waals surface area contributed by atoms with E-state index in [1.54, 1.807) is 0 Å². The fourth-order valence-electron chi connectivity index (χ4n) is 2.18. The average molecular weight is 224 g/mol. The minimum Gasteiger partial charge on any atom is -0.315 e. The minimum atomic E-state index is 0.550. The molecule has 1 aromatic rings. The summed E-state index contributed by atoms with van der Waals surface area (Å²) in [6.07, 6.45) is 1.28. The smallest absolute Gasteiger partial charge is 0.0413 e. The van der Waals surface area contributed by atoms with E-state index < -0.39 is 0 Å². The summed E-state index contributed by atoms with van der Waals surface area (Å²) in [6.45, 7) is 6.80. The molecule has 0 aliphatic carbocycles. The van der Waals surface area contributed by atoms with E-state index in [-0.39, 0.29) is 0 Å². The number of nitrogens with zero attached hydrogens (tertiary/aromatic N) is 1. The van der Waals surface area contributed by atoms with Crippen LogP contribution in [0.2, 0.25) is 0 Å². The first-order chi connectivity index (χ1) is 7.18. The van der Waals surface area contributed by atoms with Crippen LogP contribution in [0.4, 0.5) is 0 Å². The van der Waals surface area contributed by atoms with Gasteiger partial charge in [0.05, 0.1) is 0 Å². The lowest BCUT2D eigenvalue weighted by atomic mass is 10.1. The van der Waals surface area contributed by atoms with Crippen molar-refractivity contribution >= 4 is 11.3 Å². The Balaban J connectivity index is 2.03. The van der Waals surface area contributed by atoms with Crippen molar-refractivity contribution in [2.45, 2.75) is 32.4 Å². The monoisotopic (exact) mass is 224 g/mol. The van der Waals surface area contributed by atoms with Crippen LogP contribution in [0.5, 0.6) is 0 Å². The molecule has 2 unspecified atom stereocenters. The number of nitrogens with one attached hydrogen (secondary N) is 1. The van der Waals surface area contributed by atoms with E-state index in [1.165, 1.54) is 22.7 Å². The molecule has 1 aliphatic rings. The van der Waals surface area contributed by atoms with Crippen molar-refractivity contribution in [3.8, 4) is 0 Å². The summed E-state index contributed by atoms with van der Waals surface area (Å²) in [5.41, 5.74) is 0. The highest BCUT2D eigenvalue weighted by molar-refractivity contribution is 7.12. The van der Waals surface area contributed by atoms with Crippen LogP contribution in [-0.4, -0.2) is 31.1 Å². The van der Waals surface area contributed by atoms with Crippen LogP contribution in [0.1, 0.15) is 29.1 Å². The molecule has 1 saturated heterocycles. The van der Waals surface area contributed by atoms with Crippen LogP contribution < -0.4 is 5.32 Å². The molecule has 15 heavy (non-hydrogen) atoms. The van der Waals surface area contributed by atoms with E-state index in [0.717, 1.165) is 6.54 Å². The molecule has 0 amide bonds. The van der Waals surface area contributed by atoms with Gasteiger partial charge in [0.15, 0.2) is 0 Å². The molecule has 3 heteroatoms. The van der Waals surface area contributed by atoms with Crippen molar-refractivity contribution in [2.75, 3.05) is 20.1 Å². The third-order valence-electron chi connectivity index (χ3n) is 3.39. The summed E-state index contributed by atoms with van der Waals surface area (Å²) in [5, 5.41) is 3.43. The van der Waals surface area contributed by atoms with Crippen molar-refractivity contribution in [3.63, 3.8) is 0 Å². The number of rotatable bonds is 3. The largest absolute Gasteiger partial charge is 0.315 e. The molecule has 0 aromatic carbocycles. The summed E-state index contributed by atoms with van der Waals surface area (Å²) in [5.74, 6) is 0. The maximum atomic E-state index is 3.43. The molecule has 2 heterocycles. The van der Waals surface area contributed by atoms with Gasteiger partial charge in [0.25, 0.3) is 0 Å². The summed E-state index contributed by atoms with van der Waals surface area (Å²) < 4.78 is 0. The molecule has 1 fully saturated rings. The van der Waals surface area contributed by atoms with Gasteiger partial charge in [0, 0.05) is 28.4 Å². The topological polar surface area (TPSA) is 15.3 Å². The van der Waals surface area contributed by atoms with E-state index in [2.05, 4.69) is 43.2 Å². The second-order valence-corrected chi connectivity index (χ2v) is 5.76. The van der Waals surface area contributed by atoms with Gasteiger partial charge in [-0.3, -0.25) is 4.90 Å². The van der Waals surface area contributed by atoms with Crippen molar-refractivity contribution in [1.82, 2.24) is 10.2 Å².